The van der Waals surface area contributed by atoms with E-state index in [1.165, 1.54) is 0 Å². The molecule has 0 atom stereocenters. The summed E-state index contributed by atoms with van der Waals surface area (Å²) >= 11 is 5.86. The number of aromatic nitrogens is 2. The van der Waals surface area contributed by atoms with Crippen LogP contribution in [0.1, 0.15) is 16.9 Å². The quantitative estimate of drug-likeness (QED) is 0.868. The van der Waals surface area contributed by atoms with E-state index in [0.29, 0.717) is 42.7 Å². The van der Waals surface area contributed by atoms with Gasteiger partial charge in [0.25, 0.3) is 5.91 Å². The van der Waals surface area contributed by atoms with Crippen LogP contribution in [-0.2, 0) is 4.74 Å². The van der Waals surface area contributed by atoms with Crippen molar-refractivity contribution in [2.45, 2.75) is 6.42 Å². The van der Waals surface area contributed by atoms with Crippen molar-refractivity contribution in [3.8, 4) is 11.3 Å². The maximum absolute atomic E-state index is 12.1. The third-order valence-electron chi connectivity index (χ3n) is 3.69. The molecule has 2 aromatic rings. The van der Waals surface area contributed by atoms with Crippen molar-refractivity contribution in [2.24, 2.45) is 0 Å². The molecule has 8 heteroatoms. The van der Waals surface area contributed by atoms with Crippen LogP contribution in [0.15, 0.2) is 30.3 Å². The number of cyclic esters (lactones) is 1. The van der Waals surface area contributed by atoms with Gasteiger partial charge in [0.2, 0.25) is 0 Å². The maximum Gasteiger partial charge on any atom is 0.409 e. The first-order chi connectivity index (χ1) is 11.6. The Labute approximate surface area is 143 Å². The Balaban J connectivity index is 1.54. The standard InChI is InChI=1S/C16H17ClN4O3/c17-12-4-2-11(3-5-12)13-10-14(20-19-13)15(22)18-6-8-21-7-1-9-24-16(21)23/h2-5,10H,1,6-9H2,(H,18,22)(H,19,20). The number of nitrogens with one attached hydrogen (secondary N) is 2. The van der Waals surface area contributed by atoms with E-state index in [0.717, 1.165) is 12.0 Å². The highest BCUT2D eigenvalue weighted by Gasteiger charge is 2.19. The lowest BCUT2D eigenvalue weighted by Crippen LogP contribution is -2.42. The molecule has 24 heavy (non-hydrogen) atoms. The summed E-state index contributed by atoms with van der Waals surface area (Å²) in [4.78, 5) is 25.2. The molecular weight excluding hydrogens is 332 g/mol. The van der Waals surface area contributed by atoms with Crippen LogP contribution in [0.4, 0.5) is 4.79 Å². The number of nitrogens with zero attached hydrogens (tertiary/aromatic N) is 2. The Morgan fingerprint density at radius 2 is 2.17 bits per heavy atom. The number of carbonyl (C=O) groups is 2. The molecule has 0 bridgehead atoms. The average Bonchev–Trinajstić information content (AvgIpc) is 3.07. The molecule has 0 saturated carbocycles. The van der Waals surface area contributed by atoms with Gasteiger partial charge < -0.3 is 15.0 Å². The largest absolute Gasteiger partial charge is 0.449 e. The highest BCUT2D eigenvalue weighted by molar-refractivity contribution is 6.30. The van der Waals surface area contributed by atoms with Gasteiger partial charge in [0, 0.05) is 30.2 Å². The zero-order valence-corrected chi connectivity index (χ0v) is 13.7. The van der Waals surface area contributed by atoms with Crippen LogP contribution in [0.3, 0.4) is 0 Å². The van der Waals surface area contributed by atoms with Crippen molar-refractivity contribution in [3.63, 3.8) is 0 Å². The topological polar surface area (TPSA) is 87.3 Å². The zero-order chi connectivity index (χ0) is 16.9. The van der Waals surface area contributed by atoms with Crippen molar-refractivity contribution in [3.05, 3.63) is 41.0 Å². The summed E-state index contributed by atoms with van der Waals surface area (Å²) in [5.74, 6) is -0.270. The highest BCUT2D eigenvalue weighted by atomic mass is 35.5. The first-order valence-electron chi connectivity index (χ1n) is 7.65. The van der Waals surface area contributed by atoms with Gasteiger partial charge in [-0.05, 0) is 24.6 Å². The molecule has 1 saturated heterocycles. The number of hydrogen-bond donors (Lipinski definition) is 2. The molecule has 7 nitrogen and oxygen atoms in total. The van der Waals surface area contributed by atoms with E-state index in [9.17, 15) is 9.59 Å². The van der Waals surface area contributed by atoms with E-state index >= 15 is 0 Å². The van der Waals surface area contributed by atoms with Gasteiger partial charge >= 0.3 is 6.09 Å². The summed E-state index contributed by atoms with van der Waals surface area (Å²) in [6, 6.07) is 8.88. The van der Waals surface area contributed by atoms with Crippen LogP contribution < -0.4 is 5.32 Å². The Morgan fingerprint density at radius 1 is 1.38 bits per heavy atom. The lowest BCUT2D eigenvalue weighted by Gasteiger charge is -2.26. The normalized spacial score (nSPS) is 14.4. The maximum atomic E-state index is 12.1. The minimum atomic E-state index is -0.331. The van der Waals surface area contributed by atoms with Crippen molar-refractivity contribution in [1.82, 2.24) is 20.4 Å². The second-order valence-electron chi connectivity index (χ2n) is 5.38. The molecule has 1 aromatic carbocycles. The summed E-state index contributed by atoms with van der Waals surface area (Å²) < 4.78 is 4.94. The second-order valence-corrected chi connectivity index (χ2v) is 5.82. The number of hydrogen-bond acceptors (Lipinski definition) is 4. The highest BCUT2D eigenvalue weighted by Crippen LogP contribution is 2.20. The predicted molar refractivity (Wildman–Crippen MR) is 88.9 cm³/mol. The summed E-state index contributed by atoms with van der Waals surface area (Å²) in [5.41, 5.74) is 1.89. The molecule has 0 radical (unpaired) electrons. The summed E-state index contributed by atoms with van der Waals surface area (Å²) in [6.45, 7) is 1.88. The fraction of sp³-hybridized carbons (Fsp3) is 0.312. The second kappa shape index (κ2) is 7.35. The Bertz CT molecular complexity index is 729. The summed E-state index contributed by atoms with van der Waals surface area (Å²) in [5, 5.41) is 10.3. The van der Waals surface area contributed by atoms with E-state index in [-0.39, 0.29) is 12.0 Å². The number of H-pyrrole nitrogens is 1. The Morgan fingerprint density at radius 3 is 2.92 bits per heavy atom. The molecule has 1 fully saturated rings. The lowest BCUT2D eigenvalue weighted by atomic mass is 10.1. The van der Waals surface area contributed by atoms with Crippen LogP contribution in [0, 0.1) is 0 Å². The van der Waals surface area contributed by atoms with Crippen molar-refractivity contribution in [1.29, 1.82) is 0 Å². The molecule has 1 aromatic heterocycles. The number of halogens is 1. The predicted octanol–water partition coefficient (Wildman–Crippen LogP) is 2.30. The number of benzene rings is 1. The van der Waals surface area contributed by atoms with Crippen molar-refractivity contribution in [2.75, 3.05) is 26.2 Å². The van der Waals surface area contributed by atoms with E-state index in [1.54, 1.807) is 23.1 Å². The number of amides is 2. The minimum Gasteiger partial charge on any atom is -0.449 e. The molecule has 0 unspecified atom stereocenters. The molecule has 1 aliphatic rings. The molecule has 2 heterocycles. The fourth-order valence-electron chi connectivity index (χ4n) is 2.41. The van der Waals surface area contributed by atoms with E-state index in [2.05, 4.69) is 15.5 Å². The van der Waals surface area contributed by atoms with Gasteiger partial charge in [0.1, 0.15) is 5.69 Å². The number of carbonyl (C=O) groups excluding carboxylic acids is 2. The van der Waals surface area contributed by atoms with Crippen molar-refractivity contribution < 1.29 is 14.3 Å². The molecule has 126 valence electrons. The number of aromatic amines is 1. The number of ether oxygens (including phenoxy) is 1. The van der Waals surface area contributed by atoms with Crippen LogP contribution in [0.2, 0.25) is 5.02 Å². The van der Waals surface area contributed by atoms with E-state index in [4.69, 9.17) is 16.3 Å². The summed E-state index contributed by atoms with van der Waals surface area (Å²) in [6.07, 6.45) is 0.479. The average molecular weight is 349 g/mol. The molecular formula is C16H17ClN4O3. The third kappa shape index (κ3) is 3.86. The summed E-state index contributed by atoms with van der Waals surface area (Å²) in [7, 11) is 0. The molecule has 1 aliphatic heterocycles. The van der Waals surface area contributed by atoms with E-state index < -0.39 is 0 Å². The monoisotopic (exact) mass is 348 g/mol. The smallest absolute Gasteiger partial charge is 0.409 e. The molecule has 0 aliphatic carbocycles. The van der Waals surface area contributed by atoms with Gasteiger partial charge in [-0.2, -0.15) is 5.10 Å². The molecule has 2 N–H and O–H groups in total. The first-order valence-corrected chi connectivity index (χ1v) is 8.02. The Hall–Kier alpha value is -2.54. The fourth-order valence-corrected chi connectivity index (χ4v) is 2.53. The minimum absolute atomic E-state index is 0.270. The third-order valence-corrected chi connectivity index (χ3v) is 3.94. The van der Waals surface area contributed by atoms with Crippen LogP contribution in [0.25, 0.3) is 11.3 Å². The Kier molecular flexibility index (Phi) is 5.00. The van der Waals surface area contributed by atoms with Gasteiger partial charge in [0.05, 0.1) is 12.3 Å². The lowest BCUT2D eigenvalue weighted by molar-refractivity contribution is 0.0719. The van der Waals surface area contributed by atoms with Gasteiger partial charge in [-0.3, -0.25) is 9.89 Å². The molecule has 2 amide bonds. The van der Waals surface area contributed by atoms with Gasteiger partial charge in [0.15, 0.2) is 0 Å². The van der Waals surface area contributed by atoms with Crippen molar-refractivity contribution >= 4 is 23.6 Å². The van der Waals surface area contributed by atoms with Gasteiger partial charge in [-0.1, -0.05) is 23.7 Å². The van der Waals surface area contributed by atoms with Gasteiger partial charge in [-0.25, -0.2) is 4.79 Å². The SMILES string of the molecule is O=C(NCCN1CCCOC1=O)c1cc(-c2ccc(Cl)cc2)n[nH]1. The molecule has 0 spiro atoms. The number of rotatable bonds is 5. The van der Waals surface area contributed by atoms with Crippen LogP contribution in [0.5, 0.6) is 0 Å². The first kappa shape index (κ1) is 16.3. The van der Waals surface area contributed by atoms with Gasteiger partial charge in [-0.15, -0.1) is 0 Å². The zero-order valence-electron chi connectivity index (χ0n) is 12.9. The van der Waals surface area contributed by atoms with Crippen LogP contribution in [-0.4, -0.2) is 53.3 Å². The van der Waals surface area contributed by atoms with Crippen LogP contribution >= 0.6 is 11.6 Å². The van der Waals surface area contributed by atoms with E-state index in [1.807, 2.05) is 12.1 Å². The molecule has 3 rings (SSSR count).